The molecule has 0 saturated carbocycles. The molecule has 0 saturated heterocycles. The molecule has 0 fully saturated rings. The molecule has 0 bridgehead atoms. The van der Waals surface area contributed by atoms with Crippen molar-refractivity contribution in [1.29, 1.82) is 0 Å². The number of carbonyl (C=O) groups excluding carboxylic acids is 1. The fraction of sp³-hybridized carbons (Fsp3) is 0.462. The summed E-state index contributed by atoms with van der Waals surface area (Å²) in [7, 11) is 0. The number of nitrogens with zero attached hydrogens (tertiary/aromatic N) is 1. The number of hydrogen-bond donors (Lipinski definition) is 2. The van der Waals surface area contributed by atoms with Crippen molar-refractivity contribution in [2.75, 3.05) is 19.6 Å². The second-order valence-electron chi connectivity index (χ2n) is 4.14. The van der Waals surface area contributed by atoms with Gasteiger partial charge in [0.15, 0.2) is 0 Å². The summed E-state index contributed by atoms with van der Waals surface area (Å²) in [5.41, 5.74) is 12.3. The number of rotatable bonds is 6. The Morgan fingerprint density at radius 1 is 1.29 bits per heavy atom. The van der Waals surface area contributed by atoms with Crippen LogP contribution in [0.3, 0.4) is 0 Å². The molecule has 0 unspecified atom stereocenters. The molecule has 0 aliphatic heterocycles. The summed E-state index contributed by atoms with van der Waals surface area (Å²) in [6, 6.07) is 9.62. The van der Waals surface area contributed by atoms with Crippen LogP contribution in [-0.4, -0.2) is 36.5 Å². The SMILES string of the molecule is C[C@H](N)C(=O)N(CCN)CCc1ccccc1. The lowest BCUT2D eigenvalue weighted by atomic mass is 10.1. The first-order chi connectivity index (χ1) is 8.15. The van der Waals surface area contributed by atoms with Crippen molar-refractivity contribution in [3.63, 3.8) is 0 Å². The largest absolute Gasteiger partial charge is 0.340 e. The van der Waals surface area contributed by atoms with Crippen LogP contribution in [0.2, 0.25) is 0 Å². The summed E-state index contributed by atoms with van der Waals surface area (Å²) in [5, 5.41) is 0. The molecule has 1 aromatic carbocycles. The van der Waals surface area contributed by atoms with Gasteiger partial charge in [0.1, 0.15) is 0 Å². The van der Waals surface area contributed by atoms with Gasteiger partial charge in [0.05, 0.1) is 6.04 Å². The Hall–Kier alpha value is -1.39. The Balaban J connectivity index is 2.53. The minimum absolute atomic E-state index is 0.0358. The van der Waals surface area contributed by atoms with E-state index in [1.54, 1.807) is 11.8 Å². The monoisotopic (exact) mass is 235 g/mol. The zero-order chi connectivity index (χ0) is 12.7. The number of carbonyl (C=O) groups is 1. The molecule has 0 radical (unpaired) electrons. The van der Waals surface area contributed by atoms with Gasteiger partial charge in [0, 0.05) is 19.6 Å². The Kier molecular flexibility index (Phi) is 5.66. The van der Waals surface area contributed by atoms with Crippen molar-refractivity contribution in [2.45, 2.75) is 19.4 Å². The van der Waals surface area contributed by atoms with E-state index in [4.69, 9.17) is 11.5 Å². The second-order valence-corrected chi connectivity index (χ2v) is 4.14. The van der Waals surface area contributed by atoms with Crippen molar-refractivity contribution in [3.05, 3.63) is 35.9 Å². The van der Waals surface area contributed by atoms with E-state index < -0.39 is 6.04 Å². The minimum Gasteiger partial charge on any atom is -0.340 e. The predicted molar refractivity (Wildman–Crippen MR) is 69.4 cm³/mol. The fourth-order valence-corrected chi connectivity index (χ4v) is 1.68. The molecule has 4 heteroatoms. The van der Waals surface area contributed by atoms with E-state index >= 15 is 0 Å². The van der Waals surface area contributed by atoms with Crippen molar-refractivity contribution in [1.82, 2.24) is 4.90 Å². The van der Waals surface area contributed by atoms with Gasteiger partial charge >= 0.3 is 0 Å². The second kappa shape index (κ2) is 7.04. The van der Waals surface area contributed by atoms with E-state index in [0.717, 1.165) is 6.42 Å². The highest BCUT2D eigenvalue weighted by molar-refractivity contribution is 5.81. The number of amides is 1. The predicted octanol–water partition coefficient (Wildman–Crippen LogP) is 0.364. The Morgan fingerprint density at radius 2 is 1.94 bits per heavy atom. The summed E-state index contributed by atoms with van der Waals surface area (Å²) in [6.07, 6.45) is 0.833. The molecule has 1 atom stereocenters. The highest BCUT2D eigenvalue weighted by Gasteiger charge is 2.16. The zero-order valence-electron chi connectivity index (χ0n) is 10.3. The van der Waals surface area contributed by atoms with Crippen LogP contribution in [0.15, 0.2) is 30.3 Å². The van der Waals surface area contributed by atoms with Gasteiger partial charge in [-0.15, -0.1) is 0 Å². The van der Waals surface area contributed by atoms with E-state index in [0.29, 0.717) is 19.6 Å². The Bertz CT molecular complexity index is 338. The lowest BCUT2D eigenvalue weighted by Crippen LogP contribution is -2.45. The summed E-state index contributed by atoms with van der Waals surface area (Å²) < 4.78 is 0. The topological polar surface area (TPSA) is 72.4 Å². The highest BCUT2D eigenvalue weighted by atomic mass is 16.2. The molecule has 17 heavy (non-hydrogen) atoms. The first-order valence-corrected chi connectivity index (χ1v) is 5.93. The number of hydrogen-bond acceptors (Lipinski definition) is 3. The van der Waals surface area contributed by atoms with Crippen molar-refractivity contribution >= 4 is 5.91 Å². The molecule has 0 aliphatic rings. The molecular weight excluding hydrogens is 214 g/mol. The van der Waals surface area contributed by atoms with Gasteiger partial charge in [-0.05, 0) is 18.9 Å². The van der Waals surface area contributed by atoms with Crippen molar-refractivity contribution < 1.29 is 4.79 Å². The fourth-order valence-electron chi connectivity index (χ4n) is 1.68. The van der Waals surface area contributed by atoms with Crippen LogP contribution in [-0.2, 0) is 11.2 Å². The molecule has 94 valence electrons. The third kappa shape index (κ3) is 4.54. The van der Waals surface area contributed by atoms with E-state index in [-0.39, 0.29) is 5.91 Å². The van der Waals surface area contributed by atoms with Crippen LogP contribution in [0.25, 0.3) is 0 Å². The third-order valence-corrected chi connectivity index (χ3v) is 2.61. The number of benzene rings is 1. The summed E-state index contributed by atoms with van der Waals surface area (Å²) in [4.78, 5) is 13.5. The molecule has 1 amide bonds. The third-order valence-electron chi connectivity index (χ3n) is 2.61. The molecule has 0 aromatic heterocycles. The first kappa shape index (κ1) is 13.7. The first-order valence-electron chi connectivity index (χ1n) is 5.93. The van der Waals surface area contributed by atoms with Crippen LogP contribution in [0.4, 0.5) is 0 Å². The highest BCUT2D eigenvalue weighted by Crippen LogP contribution is 2.02. The maximum absolute atomic E-state index is 11.8. The average molecular weight is 235 g/mol. The Morgan fingerprint density at radius 3 is 2.47 bits per heavy atom. The van der Waals surface area contributed by atoms with Gasteiger partial charge in [-0.3, -0.25) is 4.79 Å². The normalized spacial score (nSPS) is 12.2. The quantitative estimate of drug-likeness (QED) is 0.748. The maximum Gasteiger partial charge on any atom is 0.239 e. The molecule has 0 aliphatic carbocycles. The van der Waals surface area contributed by atoms with Gasteiger partial charge < -0.3 is 16.4 Å². The van der Waals surface area contributed by atoms with Gasteiger partial charge in [0.2, 0.25) is 5.91 Å². The molecule has 4 nitrogen and oxygen atoms in total. The van der Waals surface area contributed by atoms with Crippen molar-refractivity contribution in [2.24, 2.45) is 11.5 Å². The molecule has 0 spiro atoms. The molecular formula is C13H21N3O. The van der Waals surface area contributed by atoms with Gasteiger partial charge in [-0.1, -0.05) is 30.3 Å². The summed E-state index contributed by atoms with van der Waals surface area (Å²) >= 11 is 0. The minimum atomic E-state index is -0.461. The van der Waals surface area contributed by atoms with Gasteiger partial charge in [-0.2, -0.15) is 0 Å². The van der Waals surface area contributed by atoms with E-state index in [2.05, 4.69) is 12.1 Å². The number of nitrogens with two attached hydrogens (primary N) is 2. The van der Waals surface area contributed by atoms with E-state index in [1.807, 2.05) is 18.2 Å². The van der Waals surface area contributed by atoms with Crippen LogP contribution in [0.5, 0.6) is 0 Å². The summed E-state index contributed by atoms with van der Waals surface area (Å²) in [6.45, 7) is 3.40. The smallest absolute Gasteiger partial charge is 0.239 e. The molecule has 1 rings (SSSR count). The van der Waals surface area contributed by atoms with E-state index in [9.17, 15) is 4.79 Å². The molecule has 4 N–H and O–H groups in total. The lowest BCUT2D eigenvalue weighted by molar-refractivity contribution is -0.132. The summed E-state index contributed by atoms with van der Waals surface area (Å²) in [5.74, 6) is -0.0358. The van der Waals surface area contributed by atoms with Gasteiger partial charge in [-0.25, -0.2) is 0 Å². The standard InChI is InChI=1S/C13H21N3O/c1-11(15)13(17)16(10-8-14)9-7-12-5-3-2-4-6-12/h2-6,11H,7-10,14-15H2,1H3/t11-/m0/s1. The molecule has 0 heterocycles. The van der Waals surface area contributed by atoms with Crippen LogP contribution in [0, 0.1) is 0 Å². The Labute approximate surface area is 103 Å². The van der Waals surface area contributed by atoms with Gasteiger partial charge in [0.25, 0.3) is 0 Å². The van der Waals surface area contributed by atoms with Crippen LogP contribution >= 0.6 is 0 Å². The van der Waals surface area contributed by atoms with E-state index in [1.165, 1.54) is 5.56 Å². The van der Waals surface area contributed by atoms with Crippen LogP contribution < -0.4 is 11.5 Å². The van der Waals surface area contributed by atoms with Crippen molar-refractivity contribution in [3.8, 4) is 0 Å². The van der Waals surface area contributed by atoms with Crippen LogP contribution in [0.1, 0.15) is 12.5 Å². The zero-order valence-corrected chi connectivity index (χ0v) is 10.3. The lowest BCUT2D eigenvalue weighted by Gasteiger charge is -2.23. The average Bonchev–Trinajstić information content (AvgIpc) is 2.34. The maximum atomic E-state index is 11.8. The molecule has 1 aromatic rings.